The first-order valence-corrected chi connectivity index (χ1v) is 24.2. The first kappa shape index (κ1) is 24.6. The molecule has 0 amide bonds. The monoisotopic (exact) mass is 1240 g/mol. The molecule has 11 aromatic rings. The van der Waals surface area contributed by atoms with Crippen molar-refractivity contribution in [1.29, 1.82) is 0 Å². The number of para-hydroxylation sites is 1. The van der Waals surface area contributed by atoms with Crippen LogP contribution in [0.2, 0.25) is 0 Å². The van der Waals surface area contributed by atoms with E-state index in [4.69, 9.17) is 43.1 Å². The van der Waals surface area contributed by atoms with E-state index in [2.05, 4.69) is 17.1 Å². The summed E-state index contributed by atoms with van der Waals surface area (Å²) in [7, 11) is 0. The molecule has 1 aliphatic carbocycles. The fourth-order valence-electron chi connectivity index (χ4n) is 9.77. The zero-order valence-corrected chi connectivity index (χ0v) is 44.1. The van der Waals surface area contributed by atoms with Gasteiger partial charge in [0.05, 0.1) is 24.7 Å². The smallest absolute Gasteiger partial charge is 0.135 e. The van der Waals surface area contributed by atoms with Crippen LogP contribution in [-0.2, 0) is 37.3 Å². The van der Waals surface area contributed by atoms with E-state index in [-0.39, 0.29) is 94.5 Å². The molecule has 0 unspecified atom stereocenters. The van der Waals surface area contributed by atoms with Gasteiger partial charge in [-0.05, 0) is 133 Å². The van der Waals surface area contributed by atoms with Gasteiger partial charge in [0.2, 0.25) is 0 Å². The average Bonchev–Trinajstić information content (AvgIpc) is 0.644. The van der Waals surface area contributed by atoms with Crippen LogP contribution in [0.15, 0.2) is 206 Å². The Kier molecular flexibility index (Phi) is 6.23. The molecule has 2 aliphatic rings. The summed E-state index contributed by atoms with van der Waals surface area (Å²) in [6, 6.07) is 12.8. The predicted octanol–water partition coefficient (Wildman–Crippen LogP) is 19.6. The Balaban J connectivity index is 0.0000124. The van der Waals surface area contributed by atoms with Gasteiger partial charge in [0.1, 0.15) is 5.82 Å². The van der Waals surface area contributed by atoms with Crippen LogP contribution in [0.25, 0.3) is 72.1 Å². The molecule has 9 aromatic carbocycles. The van der Waals surface area contributed by atoms with Crippen LogP contribution < -0.4 is 14.5 Å². The Labute approximate surface area is 532 Å². The third-order valence-corrected chi connectivity index (χ3v) is 13.4. The second-order valence-electron chi connectivity index (χ2n) is 19.5. The molecule has 0 spiro atoms. The minimum Gasteiger partial charge on any atom is -0.509 e. The van der Waals surface area contributed by atoms with Crippen molar-refractivity contribution < 1.29 is 76.5 Å². The Morgan fingerprint density at radius 1 is 0.608 bits per heavy atom. The van der Waals surface area contributed by atoms with Crippen molar-refractivity contribution >= 4 is 44.6 Å². The van der Waals surface area contributed by atoms with Gasteiger partial charge >= 0.3 is 0 Å². The number of ether oxygens (including phenoxy) is 1. The van der Waals surface area contributed by atoms with Crippen molar-refractivity contribution in [2.45, 2.75) is 84.0 Å². The third kappa shape index (κ3) is 9.36. The number of rotatable bonds is 9. The van der Waals surface area contributed by atoms with E-state index in [1.165, 1.54) is 65.0 Å². The summed E-state index contributed by atoms with van der Waals surface area (Å²) in [4.78, 5) is 7.41. The van der Waals surface area contributed by atoms with Crippen LogP contribution in [0.3, 0.4) is 0 Å². The second-order valence-corrected chi connectivity index (χ2v) is 19.5. The molecule has 3 heterocycles. The van der Waals surface area contributed by atoms with E-state index >= 15 is 0 Å². The van der Waals surface area contributed by atoms with Crippen molar-refractivity contribution in [2.24, 2.45) is 0 Å². The Hall–Kier alpha value is -7.98. The maximum Gasteiger partial charge on any atom is 0.135 e. The van der Waals surface area contributed by atoms with Crippen molar-refractivity contribution in [2.75, 3.05) is 9.80 Å². The number of nitrogens with zero attached hydrogens (tertiary/aromatic N) is 4. The van der Waals surface area contributed by atoms with Gasteiger partial charge in [0, 0.05) is 98.5 Å². The van der Waals surface area contributed by atoms with Gasteiger partial charge in [0.15, 0.2) is 0 Å². The standard InChI is InChI=1S/C73H63N4O.Pt/c1-48-39-69(74-46-61(48)51-25-16-11-17-26-51)77-65-30-19-18-29-58(65)59-34-33-57(45-67(59)77)78-56-28-20-27-55(44-56)75-47-76(66-36-32-52(43-68(66)75)49-21-12-9-13-22-49)70-60(40-54(42-64(70)71(2,3)4)50-23-14-10-15-24-50)53-31-35-62-63(41-53)73(7,8)38-37-72(62,5)6;/h9-36,39-43,46-47H,37-38H2,1-8H3;/q-3;/i1D3,5D3,6D3,7D3,8D3,9D,10D,11D,12D,13D,14D,15D,16D,17D,21D,22D,23D,24D,25D,26D,31D,35D,37D2,38D2,41D;. The van der Waals surface area contributed by atoms with Gasteiger partial charge in [-0.2, -0.15) is 12.1 Å². The summed E-state index contributed by atoms with van der Waals surface area (Å²) in [5.41, 5.74) is -17.7. The normalized spacial score (nSPS) is 23.3. The molecule has 13 rings (SSSR count). The Bertz CT molecular complexity index is 5870. The first-order valence-electron chi connectivity index (χ1n) is 42.7. The van der Waals surface area contributed by atoms with E-state index in [0.717, 1.165) is 12.3 Å². The quantitative estimate of drug-likeness (QED) is 0.135. The molecule has 6 heteroatoms. The minimum atomic E-state index is -4.76. The zero-order valence-electron chi connectivity index (χ0n) is 78.8. The molecular weight excluding hydrogens is 1140 g/mol. The fourth-order valence-corrected chi connectivity index (χ4v) is 9.77. The van der Waals surface area contributed by atoms with Crippen LogP contribution in [0.1, 0.15) is 134 Å². The minimum absolute atomic E-state index is 0. The fraction of sp³-hybridized carbons (Fsp3) is 0.178. The van der Waals surface area contributed by atoms with Gasteiger partial charge in [-0.25, -0.2) is 4.98 Å². The summed E-state index contributed by atoms with van der Waals surface area (Å²) in [6.45, 7) is -14.7. The van der Waals surface area contributed by atoms with Crippen LogP contribution in [0.5, 0.6) is 11.5 Å². The molecule has 0 saturated heterocycles. The van der Waals surface area contributed by atoms with Gasteiger partial charge in [-0.15, -0.1) is 48.1 Å². The van der Waals surface area contributed by atoms with Crippen LogP contribution >= 0.6 is 0 Å². The average molecular weight is 1240 g/mol. The largest absolute Gasteiger partial charge is 0.509 e. The van der Waals surface area contributed by atoms with Crippen molar-refractivity contribution in [3.63, 3.8) is 0 Å². The summed E-state index contributed by atoms with van der Waals surface area (Å²) >= 11 is 0. The topological polar surface area (TPSA) is 33.5 Å². The molecule has 0 bridgehead atoms. The van der Waals surface area contributed by atoms with E-state index in [1.807, 2.05) is 0 Å². The number of pyridine rings is 1. The first-order chi connectivity index (χ1) is 52.9. The van der Waals surface area contributed by atoms with Gasteiger partial charge in [-0.1, -0.05) is 187 Å². The number of benzene rings is 9. The van der Waals surface area contributed by atoms with Gasteiger partial charge < -0.3 is 19.1 Å². The SMILES string of the molecule is [2H]c1c([2H])c([2H])c(-c2ccc3c(c2)N(c2[c-]c(Oc4[c-]c5c(cc4)c4ccccc4n5-c4cc(C([2H])([2H])[2H])c(-c5c([2H])c([2H])c([2H])c([2H])c5[2H])cn4)ccc2)[CH-]N3c2c(-c3c([2H])c([2H])c4c(c3[2H])C(C([2H])([2H])[2H])(C([2H])([2H])[2H])C([2H])([2H])C([2H])([2H])C4(C([2H])([2H])[2H])C([2H])([2H])[2H])cc(-c3c([2H])c([2H])c([2H])c([2H])c3[2H])cc2C(C)(C)C)c([2H])c1[2H].[Pt]. The van der Waals surface area contributed by atoms with Gasteiger partial charge in [0.25, 0.3) is 0 Å². The Morgan fingerprint density at radius 2 is 1.30 bits per heavy atom. The number of anilines is 4. The molecule has 0 fully saturated rings. The summed E-state index contributed by atoms with van der Waals surface area (Å²) in [5, 5.41) is 1.17. The molecular formula is C73H63N4OPt-3. The maximum absolute atomic E-state index is 10.5. The molecule has 0 atom stereocenters. The molecule has 0 radical (unpaired) electrons. The van der Waals surface area contributed by atoms with Crippen molar-refractivity contribution in [3.05, 3.63) is 247 Å². The zero-order chi connectivity index (χ0) is 85.3. The second kappa shape index (κ2) is 20.0. The van der Waals surface area contributed by atoms with Crippen molar-refractivity contribution in [3.8, 4) is 61.8 Å². The third-order valence-electron chi connectivity index (χ3n) is 13.4. The molecule has 2 aromatic heterocycles. The van der Waals surface area contributed by atoms with Gasteiger partial charge in [-0.3, -0.25) is 0 Å². The number of fused-ring (bicyclic) bond motifs is 5. The van der Waals surface area contributed by atoms with Crippen LogP contribution in [0, 0.1) is 25.7 Å². The van der Waals surface area contributed by atoms with Crippen LogP contribution in [-0.4, -0.2) is 9.55 Å². The number of aromatic nitrogens is 2. The number of hydrogen-bond acceptors (Lipinski definition) is 4. The maximum atomic E-state index is 10.5. The molecule has 0 saturated carbocycles. The van der Waals surface area contributed by atoms with E-state index < -0.39 is 211 Å². The van der Waals surface area contributed by atoms with E-state index in [9.17, 15) is 12.3 Å². The van der Waals surface area contributed by atoms with E-state index in [1.54, 1.807) is 61.7 Å². The molecule has 5 nitrogen and oxygen atoms in total. The van der Waals surface area contributed by atoms with Crippen molar-refractivity contribution in [1.82, 2.24) is 9.55 Å². The van der Waals surface area contributed by atoms with Crippen LogP contribution in [0.4, 0.5) is 22.7 Å². The Morgan fingerprint density at radius 3 is 2.03 bits per heavy atom. The number of hydrogen-bond donors (Lipinski definition) is 0. The molecule has 79 heavy (non-hydrogen) atoms. The summed E-state index contributed by atoms with van der Waals surface area (Å²) in [5.74, 6) is -0.0950. The summed E-state index contributed by atoms with van der Waals surface area (Å²) in [6.07, 6.45) is -8.36. The van der Waals surface area contributed by atoms with E-state index in [0.29, 0.717) is 16.3 Å². The molecule has 394 valence electrons. The predicted molar refractivity (Wildman–Crippen MR) is 325 cm³/mol. The number of aryl methyl sites for hydroxylation is 1. The molecule has 0 N–H and O–H groups in total. The summed E-state index contributed by atoms with van der Waals surface area (Å²) < 4.78 is 343. The molecule has 1 aliphatic heterocycles.